The molecule has 1 N–H and O–H groups in total. The maximum Gasteiger partial charge on any atom is 0.472 e. The van der Waals surface area contributed by atoms with Gasteiger partial charge in [0.15, 0.2) is 6.10 Å². The van der Waals surface area contributed by atoms with E-state index in [9.17, 15) is 19.0 Å². The number of rotatable bonds is 31. The molecule has 0 rings (SSSR count). The molecule has 0 saturated carbocycles. The van der Waals surface area contributed by atoms with Gasteiger partial charge in [-0.2, -0.15) is 0 Å². The van der Waals surface area contributed by atoms with E-state index in [0.29, 0.717) is 12.8 Å². The summed E-state index contributed by atoms with van der Waals surface area (Å²) in [7, 11) is -3.24. The minimum Gasteiger partial charge on any atom is -0.462 e. The summed E-state index contributed by atoms with van der Waals surface area (Å²) >= 11 is 0. The van der Waals surface area contributed by atoms with Gasteiger partial charge in [0.25, 0.3) is 0 Å². The van der Waals surface area contributed by atoms with Gasteiger partial charge < -0.3 is 14.4 Å². The number of carbonyl (C=O) groups excluding carboxylic acids is 2. The molecule has 0 aliphatic rings. The highest BCUT2D eigenvalue weighted by molar-refractivity contribution is 7.47. The van der Waals surface area contributed by atoms with Crippen LogP contribution in [0.25, 0.3) is 0 Å². The lowest BCUT2D eigenvalue weighted by Gasteiger charge is -2.19. The standard InChI is InChI=1S/C39H63O8P/c1-4-6-8-10-12-14-16-17-18-19-20-21-22-23-24-26-28-30-32-34-39(41)47-37(36-46-48(42,43)44-3)35-45-38(40)33-31-29-27-25-15-13-11-9-7-5-2/h6,8-9,11-12,14,17-18,20-21,23-24,28,30,37H,4-5,7,10,13,15-16,19,22,25-27,29,31-36H2,1-3H3,(H,42,43)/b8-6-,11-9-,14-12-,18-17-,21-20-,24-23-,30-28-. The summed E-state index contributed by atoms with van der Waals surface area (Å²) in [6.07, 6.45) is 43.7. The molecule has 0 spiro atoms. The Morgan fingerprint density at radius 2 is 1.10 bits per heavy atom. The molecule has 0 heterocycles. The SMILES string of the molecule is CC/C=C\C/C=C\C/C=C\C/C=C\C/C=C\C/C=C\CCC(=O)OC(COC(=O)CCCCCCC/C=C\CCC)COP(=O)(O)OC. The van der Waals surface area contributed by atoms with Crippen molar-refractivity contribution in [2.75, 3.05) is 20.3 Å². The van der Waals surface area contributed by atoms with Crippen molar-refractivity contribution in [3.63, 3.8) is 0 Å². The molecule has 0 aromatic rings. The lowest BCUT2D eigenvalue weighted by Crippen LogP contribution is -2.29. The van der Waals surface area contributed by atoms with Crippen molar-refractivity contribution in [1.29, 1.82) is 0 Å². The number of phosphoric ester groups is 1. The summed E-state index contributed by atoms with van der Waals surface area (Å²) in [6.45, 7) is 3.60. The molecule has 2 unspecified atom stereocenters. The number of phosphoric acid groups is 1. The Kier molecular flexibility index (Phi) is 32.1. The topological polar surface area (TPSA) is 108 Å². The van der Waals surface area contributed by atoms with Crippen LogP contribution in [0.5, 0.6) is 0 Å². The number of carbonyl (C=O) groups is 2. The number of ether oxygens (including phenoxy) is 2. The van der Waals surface area contributed by atoms with E-state index in [2.05, 4.69) is 91.3 Å². The molecule has 0 aliphatic carbocycles. The molecule has 0 aromatic heterocycles. The van der Waals surface area contributed by atoms with Crippen LogP contribution in [0.1, 0.15) is 123 Å². The monoisotopic (exact) mass is 690 g/mol. The van der Waals surface area contributed by atoms with Crippen molar-refractivity contribution in [1.82, 2.24) is 0 Å². The van der Waals surface area contributed by atoms with Gasteiger partial charge in [0.2, 0.25) is 0 Å². The molecule has 0 fully saturated rings. The van der Waals surface area contributed by atoms with Crippen LogP contribution in [0.4, 0.5) is 0 Å². The second kappa shape index (κ2) is 34.1. The van der Waals surface area contributed by atoms with Gasteiger partial charge in [-0.15, -0.1) is 0 Å². The van der Waals surface area contributed by atoms with E-state index in [1.165, 1.54) is 6.42 Å². The lowest BCUT2D eigenvalue weighted by atomic mass is 10.1. The van der Waals surface area contributed by atoms with Crippen LogP contribution in [-0.4, -0.2) is 43.3 Å². The van der Waals surface area contributed by atoms with Crippen LogP contribution in [0.2, 0.25) is 0 Å². The van der Waals surface area contributed by atoms with E-state index >= 15 is 0 Å². The highest BCUT2D eigenvalue weighted by Crippen LogP contribution is 2.42. The zero-order chi connectivity index (χ0) is 35.4. The Morgan fingerprint density at radius 3 is 1.67 bits per heavy atom. The Balaban J connectivity index is 4.26. The fourth-order valence-electron chi connectivity index (χ4n) is 4.15. The van der Waals surface area contributed by atoms with Gasteiger partial charge in [-0.25, -0.2) is 4.57 Å². The van der Waals surface area contributed by atoms with Crippen molar-refractivity contribution >= 4 is 19.8 Å². The first kappa shape index (κ1) is 45.2. The van der Waals surface area contributed by atoms with Crippen LogP contribution in [0.15, 0.2) is 85.1 Å². The van der Waals surface area contributed by atoms with Gasteiger partial charge in [0.1, 0.15) is 6.61 Å². The molecule has 0 saturated heterocycles. The summed E-state index contributed by atoms with van der Waals surface area (Å²) in [5.41, 5.74) is 0. The normalized spacial score (nSPS) is 14.5. The van der Waals surface area contributed by atoms with Crippen LogP contribution in [-0.2, 0) is 32.7 Å². The molecule has 8 nitrogen and oxygen atoms in total. The first-order valence-corrected chi connectivity index (χ1v) is 19.3. The van der Waals surface area contributed by atoms with Gasteiger partial charge in [-0.3, -0.25) is 18.6 Å². The minimum absolute atomic E-state index is 0.113. The molecule has 0 aromatic carbocycles. The Bertz CT molecular complexity index is 1050. The van der Waals surface area contributed by atoms with Crippen molar-refractivity contribution < 1.29 is 37.6 Å². The molecule has 48 heavy (non-hydrogen) atoms. The molecule has 9 heteroatoms. The van der Waals surface area contributed by atoms with E-state index in [4.69, 9.17) is 14.0 Å². The lowest BCUT2D eigenvalue weighted by molar-refractivity contribution is -0.161. The highest BCUT2D eigenvalue weighted by Gasteiger charge is 2.24. The summed E-state index contributed by atoms with van der Waals surface area (Å²) in [6, 6.07) is 0. The number of unbranched alkanes of at least 4 members (excludes halogenated alkanes) is 6. The van der Waals surface area contributed by atoms with Crippen LogP contribution < -0.4 is 0 Å². The Hall–Kier alpha value is -2.77. The van der Waals surface area contributed by atoms with Crippen LogP contribution in [0.3, 0.4) is 0 Å². The number of hydrogen-bond acceptors (Lipinski definition) is 7. The second-order valence-corrected chi connectivity index (χ2v) is 12.8. The number of allylic oxidation sites excluding steroid dienone is 14. The largest absolute Gasteiger partial charge is 0.472 e. The third kappa shape index (κ3) is 33.1. The predicted octanol–water partition coefficient (Wildman–Crippen LogP) is 10.8. The third-order valence-electron chi connectivity index (χ3n) is 6.87. The molecular weight excluding hydrogens is 627 g/mol. The number of esters is 2. The van der Waals surface area contributed by atoms with Gasteiger partial charge in [0, 0.05) is 20.0 Å². The second-order valence-electron chi connectivity index (χ2n) is 11.3. The molecule has 0 aliphatic heterocycles. The van der Waals surface area contributed by atoms with Crippen LogP contribution >= 0.6 is 7.82 Å². The average molecular weight is 691 g/mol. The quantitative estimate of drug-likeness (QED) is 0.0331. The number of hydrogen-bond donors (Lipinski definition) is 1. The zero-order valence-corrected chi connectivity index (χ0v) is 30.7. The van der Waals surface area contributed by atoms with E-state index in [0.717, 1.165) is 84.2 Å². The van der Waals surface area contributed by atoms with Crippen LogP contribution in [0, 0.1) is 0 Å². The average Bonchev–Trinajstić information content (AvgIpc) is 3.07. The van der Waals surface area contributed by atoms with Crippen molar-refractivity contribution in [3.05, 3.63) is 85.1 Å². The molecular formula is C39H63O8P. The Labute approximate surface area is 291 Å². The van der Waals surface area contributed by atoms with Gasteiger partial charge in [-0.05, 0) is 70.6 Å². The van der Waals surface area contributed by atoms with Crippen molar-refractivity contribution in [2.45, 2.75) is 129 Å². The molecule has 0 bridgehead atoms. The predicted molar refractivity (Wildman–Crippen MR) is 197 cm³/mol. The highest BCUT2D eigenvalue weighted by atomic mass is 31.2. The van der Waals surface area contributed by atoms with Crippen molar-refractivity contribution in [2.24, 2.45) is 0 Å². The molecule has 2 atom stereocenters. The van der Waals surface area contributed by atoms with Crippen molar-refractivity contribution in [3.8, 4) is 0 Å². The smallest absolute Gasteiger partial charge is 0.462 e. The molecule has 0 radical (unpaired) electrons. The molecule has 272 valence electrons. The summed E-state index contributed by atoms with van der Waals surface area (Å²) in [5.74, 6) is -0.927. The van der Waals surface area contributed by atoms with E-state index in [1.807, 2.05) is 12.2 Å². The first-order chi connectivity index (χ1) is 23.3. The van der Waals surface area contributed by atoms with E-state index in [-0.39, 0.29) is 19.4 Å². The third-order valence-corrected chi connectivity index (χ3v) is 7.80. The van der Waals surface area contributed by atoms with Gasteiger partial charge in [-0.1, -0.05) is 125 Å². The maximum absolute atomic E-state index is 12.4. The Morgan fingerprint density at radius 1 is 0.604 bits per heavy atom. The van der Waals surface area contributed by atoms with Gasteiger partial charge in [0.05, 0.1) is 6.61 Å². The minimum atomic E-state index is -4.28. The first-order valence-electron chi connectivity index (χ1n) is 17.8. The fraction of sp³-hybridized carbons (Fsp3) is 0.590. The zero-order valence-electron chi connectivity index (χ0n) is 29.8. The van der Waals surface area contributed by atoms with Gasteiger partial charge >= 0.3 is 19.8 Å². The molecule has 0 amide bonds. The van der Waals surface area contributed by atoms with E-state index < -0.39 is 32.5 Å². The summed E-state index contributed by atoms with van der Waals surface area (Å²) in [4.78, 5) is 34.2. The maximum atomic E-state index is 12.4. The fourth-order valence-corrected chi connectivity index (χ4v) is 4.61. The summed E-state index contributed by atoms with van der Waals surface area (Å²) in [5, 5.41) is 0. The van der Waals surface area contributed by atoms with E-state index in [1.54, 1.807) is 0 Å². The summed E-state index contributed by atoms with van der Waals surface area (Å²) < 4.78 is 31.7.